The summed E-state index contributed by atoms with van der Waals surface area (Å²) in [6.07, 6.45) is 0.813. The lowest BCUT2D eigenvalue weighted by Crippen LogP contribution is -2.08. The molecule has 2 nitrogen and oxygen atoms in total. The lowest BCUT2D eigenvalue weighted by Gasteiger charge is -2.15. The minimum Gasteiger partial charge on any atom is -0.384 e. The zero-order chi connectivity index (χ0) is 13.1. The first-order valence-electron chi connectivity index (χ1n) is 5.98. The maximum atomic E-state index is 11.5. The molecule has 2 aromatic rings. The molecule has 0 saturated heterocycles. The van der Waals surface area contributed by atoms with Crippen molar-refractivity contribution in [1.29, 1.82) is 0 Å². The molecule has 92 valence electrons. The van der Waals surface area contributed by atoms with Gasteiger partial charge < -0.3 is 5.11 Å². The van der Waals surface area contributed by atoms with E-state index in [1.54, 1.807) is 13.0 Å². The Labute approximate surface area is 107 Å². The molecular formula is C16H16O2. The summed E-state index contributed by atoms with van der Waals surface area (Å²) < 4.78 is 0. The van der Waals surface area contributed by atoms with Crippen LogP contribution in [0.25, 0.3) is 10.8 Å². The van der Waals surface area contributed by atoms with E-state index in [1.807, 2.05) is 42.5 Å². The molecule has 0 saturated carbocycles. The third kappa shape index (κ3) is 2.20. The highest BCUT2D eigenvalue weighted by Gasteiger charge is 2.18. The van der Waals surface area contributed by atoms with Crippen LogP contribution in [0.5, 0.6) is 0 Å². The van der Waals surface area contributed by atoms with Crippen LogP contribution in [0.3, 0.4) is 0 Å². The van der Waals surface area contributed by atoms with Crippen molar-refractivity contribution >= 4 is 16.6 Å². The van der Waals surface area contributed by atoms with Crippen LogP contribution in [0, 0.1) is 0 Å². The number of aliphatic hydroxyl groups excluding tert-OH is 1. The summed E-state index contributed by atoms with van der Waals surface area (Å²) >= 11 is 0. The fourth-order valence-corrected chi connectivity index (χ4v) is 2.21. The van der Waals surface area contributed by atoms with Gasteiger partial charge in [-0.05, 0) is 30.2 Å². The lowest BCUT2D eigenvalue weighted by molar-refractivity contribution is -0.114. The number of allylic oxidation sites excluding steroid dienone is 1. The number of benzene rings is 2. The number of hydrogen-bond acceptors (Lipinski definition) is 2. The SMILES string of the molecule is C/C=C(\C(C)=O)C(O)c1cccc2ccccc12. The van der Waals surface area contributed by atoms with E-state index in [4.69, 9.17) is 0 Å². The van der Waals surface area contributed by atoms with Crippen LogP contribution in [-0.4, -0.2) is 10.9 Å². The van der Waals surface area contributed by atoms with Gasteiger partial charge in [0.1, 0.15) is 6.10 Å². The molecule has 2 aromatic carbocycles. The van der Waals surface area contributed by atoms with E-state index in [0.29, 0.717) is 5.57 Å². The Morgan fingerprint density at radius 2 is 1.83 bits per heavy atom. The molecule has 0 aromatic heterocycles. The third-order valence-electron chi connectivity index (χ3n) is 3.13. The quantitative estimate of drug-likeness (QED) is 0.835. The van der Waals surface area contributed by atoms with Gasteiger partial charge in [-0.2, -0.15) is 0 Å². The van der Waals surface area contributed by atoms with Crippen molar-refractivity contribution in [1.82, 2.24) is 0 Å². The van der Waals surface area contributed by atoms with Crippen molar-refractivity contribution in [2.75, 3.05) is 0 Å². The fraction of sp³-hybridized carbons (Fsp3) is 0.188. The lowest BCUT2D eigenvalue weighted by atomic mass is 9.94. The molecule has 2 heteroatoms. The topological polar surface area (TPSA) is 37.3 Å². The minimum absolute atomic E-state index is 0.0991. The van der Waals surface area contributed by atoms with Crippen LogP contribution >= 0.6 is 0 Å². The number of ketones is 1. The summed E-state index contributed by atoms with van der Waals surface area (Å²) in [5.41, 5.74) is 1.21. The van der Waals surface area contributed by atoms with Crippen molar-refractivity contribution < 1.29 is 9.90 Å². The van der Waals surface area contributed by atoms with Gasteiger partial charge >= 0.3 is 0 Å². The Morgan fingerprint density at radius 1 is 1.17 bits per heavy atom. The maximum absolute atomic E-state index is 11.5. The summed E-state index contributed by atoms with van der Waals surface area (Å²) in [5, 5.41) is 12.4. The van der Waals surface area contributed by atoms with Crippen molar-refractivity contribution in [3.8, 4) is 0 Å². The van der Waals surface area contributed by atoms with Gasteiger partial charge in [0, 0.05) is 5.57 Å². The first-order chi connectivity index (χ1) is 8.65. The number of aliphatic hydroxyl groups is 1. The highest BCUT2D eigenvalue weighted by molar-refractivity contribution is 5.96. The van der Waals surface area contributed by atoms with Crippen LogP contribution in [-0.2, 0) is 4.79 Å². The normalized spacial score (nSPS) is 13.6. The molecule has 0 radical (unpaired) electrons. The molecule has 0 aliphatic rings. The number of rotatable bonds is 3. The van der Waals surface area contributed by atoms with Gasteiger partial charge in [-0.25, -0.2) is 0 Å². The zero-order valence-corrected chi connectivity index (χ0v) is 10.6. The van der Waals surface area contributed by atoms with Gasteiger partial charge in [0.15, 0.2) is 5.78 Å². The Morgan fingerprint density at radius 3 is 2.50 bits per heavy atom. The Balaban J connectivity index is 2.58. The number of Topliss-reactive ketones (excluding diaryl/α,β-unsaturated/α-hetero) is 1. The van der Waals surface area contributed by atoms with E-state index in [2.05, 4.69) is 0 Å². The summed E-state index contributed by atoms with van der Waals surface area (Å²) in [7, 11) is 0. The Hall–Kier alpha value is -1.93. The van der Waals surface area contributed by atoms with Crippen LogP contribution < -0.4 is 0 Å². The predicted molar refractivity (Wildman–Crippen MR) is 73.3 cm³/mol. The van der Waals surface area contributed by atoms with E-state index in [9.17, 15) is 9.90 Å². The van der Waals surface area contributed by atoms with Gasteiger partial charge in [-0.1, -0.05) is 48.5 Å². The Kier molecular flexibility index (Phi) is 3.58. The second-order valence-electron chi connectivity index (χ2n) is 4.27. The molecule has 1 N–H and O–H groups in total. The molecule has 0 fully saturated rings. The average Bonchev–Trinajstić information content (AvgIpc) is 2.38. The molecule has 0 aliphatic heterocycles. The van der Waals surface area contributed by atoms with Crippen molar-refractivity contribution in [2.45, 2.75) is 20.0 Å². The van der Waals surface area contributed by atoms with Crippen LogP contribution in [0.1, 0.15) is 25.5 Å². The van der Waals surface area contributed by atoms with E-state index < -0.39 is 6.10 Å². The van der Waals surface area contributed by atoms with Gasteiger partial charge in [0.2, 0.25) is 0 Å². The molecule has 1 unspecified atom stereocenters. The average molecular weight is 240 g/mol. The standard InChI is InChI=1S/C16H16O2/c1-3-13(11(2)17)16(18)15-10-6-8-12-7-4-5-9-14(12)15/h3-10,16,18H,1-2H3/b13-3+. The van der Waals surface area contributed by atoms with Crippen LogP contribution in [0.4, 0.5) is 0 Å². The zero-order valence-electron chi connectivity index (χ0n) is 10.6. The van der Waals surface area contributed by atoms with Crippen molar-refractivity contribution in [3.05, 3.63) is 59.7 Å². The molecule has 0 aliphatic carbocycles. The summed E-state index contributed by atoms with van der Waals surface area (Å²) in [4.78, 5) is 11.5. The molecule has 0 amide bonds. The second-order valence-corrected chi connectivity index (χ2v) is 4.27. The van der Waals surface area contributed by atoms with Crippen molar-refractivity contribution in [3.63, 3.8) is 0 Å². The summed E-state index contributed by atoms with van der Waals surface area (Å²) in [6, 6.07) is 13.6. The fourth-order valence-electron chi connectivity index (χ4n) is 2.21. The van der Waals surface area contributed by atoms with Crippen LogP contribution in [0.2, 0.25) is 0 Å². The molecule has 0 heterocycles. The molecular weight excluding hydrogens is 224 g/mol. The molecule has 0 spiro atoms. The van der Waals surface area contributed by atoms with Gasteiger partial charge in [0.25, 0.3) is 0 Å². The molecule has 18 heavy (non-hydrogen) atoms. The third-order valence-corrected chi connectivity index (χ3v) is 3.13. The molecule has 0 bridgehead atoms. The van der Waals surface area contributed by atoms with Gasteiger partial charge in [-0.15, -0.1) is 0 Å². The van der Waals surface area contributed by atoms with E-state index >= 15 is 0 Å². The van der Waals surface area contributed by atoms with Crippen molar-refractivity contribution in [2.24, 2.45) is 0 Å². The minimum atomic E-state index is -0.862. The highest BCUT2D eigenvalue weighted by atomic mass is 16.3. The Bertz CT molecular complexity index is 606. The monoisotopic (exact) mass is 240 g/mol. The first-order valence-corrected chi connectivity index (χ1v) is 5.98. The molecule has 1 atom stereocenters. The summed E-state index contributed by atoms with van der Waals surface area (Å²) in [5.74, 6) is -0.0991. The van der Waals surface area contributed by atoms with Gasteiger partial charge in [0.05, 0.1) is 0 Å². The highest BCUT2D eigenvalue weighted by Crippen LogP contribution is 2.29. The number of carbonyl (C=O) groups excluding carboxylic acids is 1. The smallest absolute Gasteiger partial charge is 0.158 e. The van der Waals surface area contributed by atoms with Crippen LogP contribution in [0.15, 0.2) is 54.1 Å². The first kappa shape index (κ1) is 12.5. The predicted octanol–water partition coefficient (Wildman–Crippen LogP) is 3.41. The number of fused-ring (bicyclic) bond motifs is 1. The second kappa shape index (κ2) is 5.15. The van der Waals surface area contributed by atoms with E-state index in [1.165, 1.54) is 6.92 Å². The van der Waals surface area contributed by atoms with Gasteiger partial charge in [-0.3, -0.25) is 4.79 Å². The number of carbonyl (C=O) groups is 1. The largest absolute Gasteiger partial charge is 0.384 e. The maximum Gasteiger partial charge on any atom is 0.158 e. The van der Waals surface area contributed by atoms with E-state index in [0.717, 1.165) is 16.3 Å². The van der Waals surface area contributed by atoms with E-state index in [-0.39, 0.29) is 5.78 Å². The summed E-state index contributed by atoms with van der Waals surface area (Å²) in [6.45, 7) is 3.24. The number of hydrogen-bond donors (Lipinski definition) is 1. The molecule has 2 rings (SSSR count).